The van der Waals surface area contributed by atoms with E-state index in [1.165, 1.54) is 0 Å². The van der Waals surface area contributed by atoms with Crippen LogP contribution in [0.1, 0.15) is 19.3 Å². The van der Waals surface area contributed by atoms with Gasteiger partial charge in [0, 0.05) is 19.5 Å². The Morgan fingerprint density at radius 1 is 1.00 bits per heavy atom. The van der Waals surface area contributed by atoms with Crippen molar-refractivity contribution in [2.45, 2.75) is 19.3 Å². The molecule has 0 aromatic heterocycles. The molecule has 0 aromatic rings. The fraction of sp³-hybridized carbons (Fsp3) is 0.889. The molecule has 0 unspecified atom stereocenters. The predicted octanol–water partition coefficient (Wildman–Crippen LogP) is -0.472. The van der Waals surface area contributed by atoms with E-state index in [1.807, 2.05) is 4.90 Å². The minimum Gasteiger partial charge on any atom is -0.481 e. The van der Waals surface area contributed by atoms with E-state index in [1.54, 1.807) is 0 Å². The fourth-order valence-electron chi connectivity index (χ4n) is 1.23. The van der Waals surface area contributed by atoms with Gasteiger partial charge in [-0.1, -0.05) is 0 Å². The Morgan fingerprint density at radius 3 is 2.00 bits per heavy atom. The second-order valence-corrected chi connectivity index (χ2v) is 3.14. The summed E-state index contributed by atoms with van der Waals surface area (Å²) in [6.07, 6.45) is 1.61. The van der Waals surface area contributed by atoms with Crippen LogP contribution in [-0.4, -0.2) is 59.0 Å². The van der Waals surface area contributed by atoms with E-state index in [-0.39, 0.29) is 19.6 Å². The van der Waals surface area contributed by atoms with Crippen molar-refractivity contribution in [2.24, 2.45) is 0 Å². The first-order valence-electron chi connectivity index (χ1n) is 4.86. The highest BCUT2D eigenvalue weighted by molar-refractivity contribution is 5.66. The van der Waals surface area contributed by atoms with E-state index in [0.717, 1.165) is 13.0 Å². The van der Waals surface area contributed by atoms with Gasteiger partial charge in [-0.2, -0.15) is 0 Å². The Hall–Kier alpha value is -0.650. The lowest BCUT2D eigenvalue weighted by atomic mass is 10.2. The molecule has 0 atom stereocenters. The minimum absolute atomic E-state index is 0.0684. The summed E-state index contributed by atoms with van der Waals surface area (Å²) in [7, 11) is 0. The van der Waals surface area contributed by atoms with Crippen molar-refractivity contribution in [2.75, 3.05) is 32.8 Å². The van der Waals surface area contributed by atoms with Crippen LogP contribution >= 0.6 is 0 Å². The summed E-state index contributed by atoms with van der Waals surface area (Å²) in [4.78, 5) is 12.1. The molecule has 0 aliphatic rings. The lowest BCUT2D eigenvalue weighted by molar-refractivity contribution is -0.137. The van der Waals surface area contributed by atoms with Crippen molar-refractivity contribution in [1.82, 2.24) is 4.90 Å². The van der Waals surface area contributed by atoms with Crippen LogP contribution < -0.4 is 0 Å². The van der Waals surface area contributed by atoms with E-state index in [2.05, 4.69) is 0 Å². The summed E-state index contributed by atoms with van der Waals surface area (Å²) in [6.45, 7) is 1.94. The molecule has 0 radical (unpaired) electrons. The molecule has 0 bridgehead atoms. The van der Waals surface area contributed by atoms with Gasteiger partial charge in [0.05, 0.1) is 13.2 Å². The normalized spacial score (nSPS) is 10.8. The van der Waals surface area contributed by atoms with Crippen molar-refractivity contribution in [3.05, 3.63) is 0 Å². The lowest BCUT2D eigenvalue weighted by Crippen LogP contribution is -2.30. The predicted molar refractivity (Wildman–Crippen MR) is 52.1 cm³/mol. The molecule has 5 heteroatoms. The quantitative estimate of drug-likeness (QED) is 0.443. The average molecular weight is 205 g/mol. The van der Waals surface area contributed by atoms with Crippen LogP contribution in [0.2, 0.25) is 0 Å². The van der Waals surface area contributed by atoms with Crippen molar-refractivity contribution in [1.29, 1.82) is 0 Å². The lowest BCUT2D eigenvalue weighted by Gasteiger charge is -2.19. The zero-order chi connectivity index (χ0) is 10.8. The van der Waals surface area contributed by atoms with Crippen LogP contribution in [0.3, 0.4) is 0 Å². The molecule has 14 heavy (non-hydrogen) atoms. The van der Waals surface area contributed by atoms with Crippen LogP contribution in [0.5, 0.6) is 0 Å². The summed E-state index contributed by atoms with van der Waals surface area (Å²) in [6, 6.07) is 0. The average Bonchev–Trinajstić information content (AvgIpc) is 2.12. The zero-order valence-corrected chi connectivity index (χ0v) is 8.35. The van der Waals surface area contributed by atoms with Gasteiger partial charge in [-0.15, -0.1) is 0 Å². The summed E-state index contributed by atoms with van der Waals surface area (Å²) in [5.74, 6) is -0.777. The number of carboxylic acid groups (broad SMARTS) is 1. The molecule has 3 N–H and O–H groups in total. The molecule has 0 fully saturated rings. The van der Waals surface area contributed by atoms with E-state index < -0.39 is 5.97 Å². The molecule has 0 aliphatic heterocycles. The number of hydrogen-bond acceptors (Lipinski definition) is 4. The number of unbranched alkanes of at least 4 members (excludes halogenated alkanes) is 1. The molecule has 0 saturated heterocycles. The molecule has 0 spiro atoms. The minimum atomic E-state index is -0.777. The third-order valence-electron chi connectivity index (χ3n) is 1.95. The molecule has 0 saturated carbocycles. The molecule has 0 amide bonds. The number of hydrogen-bond donors (Lipinski definition) is 3. The van der Waals surface area contributed by atoms with Gasteiger partial charge >= 0.3 is 5.97 Å². The highest BCUT2D eigenvalue weighted by atomic mass is 16.4. The number of aliphatic carboxylic acids is 1. The SMILES string of the molecule is O=C(O)CCCCN(CCO)CCO. The molecular weight excluding hydrogens is 186 g/mol. The Balaban J connectivity index is 3.44. The first-order chi connectivity index (χ1) is 6.70. The molecule has 0 aliphatic carbocycles. The number of aliphatic hydroxyl groups excluding tert-OH is 2. The van der Waals surface area contributed by atoms with E-state index in [9.17, 15) is 4.79 Å². The fourth-order valence-corrected chi connectivity index (χ4v) is 1.23. The second kappa shape index (κ2) is 8.93. The van der Waals surface area contributed by atoms with Crippen molar-refractivity contribution < 1.29 is 20.1 Å². The topological polar surface area (TPSA) is 81.0 Å². The zero-order valence-electron chi connectivity index (χ0n) is 8.35. The van der Waals surface area contributed by atoms with Crippen LogP contribution in [-0.2, 0) is 4.79 Å². The highest BCUT2D eigenvalue weighted by Gasteiger charge is 2.03. The standard InChI is InChI=1S/C9H19NO4/c11-7-5-10(6-8-12)4-2-1-3-9(13)14/h11-12H,1-8H2,(H,13,14). The number of carboxylic acids is 1. The summed E-state index contributed by atoms with van der Waals surface area (Å²) >= 11 is 0. The van der Waals surface area contributed by atoms with Gasteiger partial charge in [-0.05, 0) is 19.4 Å². The van der Waals surface area contributed by atoms with Crippen LogP contribution in [0, 0.1) is 0 Å². The third-order valence-corrected chi connectivity index (χ3v) is 1.95. The van der Waals surface area contributed by atoms with Gasteiger partial charge in [-0.25, -0.2) is 0 Å². The Kier molecular flexibility index (Phi) is 8.51. The van der Waals surface area contributed by atoms with Gasteiger partial charge in [0.1, 0.15) is 0 Å². The Bertz CT molecular complexity index is 146. The van der Waals surface area contributed by atoms with Crippen molar-refractivity contribution in [3.8, 4) is 0 Å². The van der Waals surface area contributed by atoms with Gasteiger partial charge < -0.3 is 15.3 Å². The van der Waals surface area contributed by atoms with Gasteiger partial charge in [0.15, 0.2) is 0 Å². The maximum atomic E-state index is 10.2. The second-order valence-electron chi connectivity index (χ2n) is 3.14. The summed E-state index contributed by atoms with van der Waals surface area (Å²) in [5, 5.41) is 25.8. The highest BCUT2D eigenvalue weighted by Crippen LogP contribution is 1.98. The molecule has 0 aromatic carbocycles. The molecular formula is C9H19NO4. The number of nitrogens with zero attached hydrogens (tertiary/aromatic N) is 1. The van der Waals surface area contributed by atoms with E-state index >= 15 is 0 Å². The number of aliphatic hydroxyl groups is 2. The monoisotopic (exact) mass is 205 g/mol. The molecule has 0 rings (SSSR count). The summed E-state index contributed by atoms with van der Waals surface area (Å²) < 4.78 is 0. The van der Waals surface area contributed by atoms with Gasteiger partial charge in [-0.3, -0.25) is 9.69 Å². The van der Waals surface area contributed by atoms with Crippen LogP contribution in [0.25, 0.3) is 0 Å². The van der Waals surface area contributed by atoms with E-state index in [4.69, 9.17) is 15.3 Å². The first kappa shape index (κ1) is 13.4. The van der Waals surface area contributed by atoms with Crippen molar-refractivity contribution in [3.63, 3.8) is 0 Å². The van der Waals surface area contributed by atoms with Gasteiger partial charge in [0.2, 0.25) is 0 Å². The number of rotatable bonds is 9. The first-order valence-corrected chi connectivity index (χ1v) is 4.86. The third kappa shape index (κ3) is 7.97. The Morgan fingerprint density at radius 2 is 1.57 bits per heavy atom. The molecule has 84 valence electrons. The summed E-state index contributed by atoms with van der Waals surface area (Å²) in [5.41, 5.74) is 0. The largest absolute Gasteiger partial charge is 0.481 e. The smallest absolute Gasteiger partial charge is 0.303 e. The maximum absolute atomic E-state index is 10.2. The van der Waals surface area contributed by atoms with Crippen molar-refractivity contribution >= 4 is 5.97 Å². The Labute approximate surface area is 84.0 Å². The van der Waals surface area contributed by atoms with Gasteiger partial charge in [0.25, 0.3) is 0 Å². The van der Waals surface area contributed by atoms with E-state index in [0.29, 0.717) is 19.5 Å². The maximum Gasteiger partial charge on any atom is 0.303 e. The van der Waals surface area contributed by atoms with Crippen LogP contribution in [0.4, 0.5) is 0 Å². The number of carbonyl (C=O) groups is 1. The van der Waals surface area contributed by atoms with Crippen LogP contribution in [0.15, 0.2) is 0 Å². The molecule has 5 nitrogen and oxygen atoms in total. The molecule has 0 heterocycles.